The van der Waals surface area contributed by atoms with Gasteiger partial charge in [0.25, 0.3) is 0 Å². The van der Waals surface area contributed by atoms with Crippen molar-refractivity contribution in [2.24, 2.45) is 0 Å². The van der Waals surface area contributed by atoms with Crippen molar-refractivity contribution in [3.05, 3.63) is 35.6 Å². The first-order valence-corrected chi connectivity index (χ1v) is 2.16. The lowest BCUT2D eigenvalue weighted by Gasteiger charge is -1.86. The van der Waals surface area contributed by atoms with Gasteiger partial charge in [0, 0.05) is 0 Å². The maximum absolute atomic E-state index is 13.0. The summed E-state index contributed by atoms with van der Waals surface area (Å²) in [7, 11) is 0. The van der Waals surface area contributed by atoms with Crippen molar-refractivity contribution in [3.8, 4) is 6.07 Å². The average Bonchev–Trinajstić information content (AvgIpc) is 2.13. The maximum atomic E-state index is 13.0. The number of nitrogens with zero attached hydrogens (tertiary/aromatic N) is 1. The highest BCUT2D eigenvalue weighted by molar-refractivity contribution is 5.29. The molecule has 0 aliphatic heterocycles. The van der Waals surface area contributed by atoms with Crippen molar-refractivity contribution < 1.29 is 9.87 Å². The smallest absolute Gasteiger partial charge is 0.140 e. The Morgan fingerprint density at radius 3 is 2.89 bits per heavy atom. The lowest BCUT2D eigenvalue weighted by molar-refractivity contribution is 0.624. The van der Waals surface area contributed by atoms with Crippen LogP contribution in [0.4, 0.5) is 4.39 Å². The van der Waals surface area contributed by atoms with E-state index in [0.29, 0.717) is 0 Å². The van der Waals surface area contributed by atoms with E-state index in [2.05, 4.69) is 0 Å². The molecule has 0 amide bonds. The van der Waals surface area contributed by atoms with Crippen LogP contribution in [0.15, 0.2) is 24.2 Å². The fraction of sp³-hybridized carbons (Fsp3) is 0. The van der Waals surface area contributed by atoms with Crippen LogP contribution in [0.3, 0.4) is 0 Å². The Kier molecular flexibility index (Phi) is 0.628. The zero-order chi connectivity index (χ0) is 10.2. The van der Waals surface area contributed by atoms with Crippen molar-refractivity contribution >= 4 is 0 Å². The van der Waals surface area contributed by atoms with E-state index in [4.69, 9.17) is 10.7 Å². The molecule has 0 fully saturated rings. The zero-order valence-corrected chi connectivity index (χ0v) is 4.33. The van der Waals surface area contributed by atoms with Crippen molar-refractivity contribution in [2.75, 3.05) is 0 Å². The van der Waals surface area contributed by atoms with Gasteiger partial charge >= 0.3 is 0 Å². The molecule has 0 aromatic heterocycles. The fourth-order valence-electron chi connectivity index (χ4n) is 0.374. The second-order valence-electron chi connectivity index (χ2n) is 1.30. The first kappa shape index (κ1) is 2.49. The summed E-state index contributed by atoms with van der Waals surface area (Å²) in [6.45, 7) is 0. The Hall–Kier alpha value is -1.36. The Balaban J connectivity index is 3.69. The molecule has 0 spiro atoms. The monoisotopic (exact) mass is 125 g/mol. The quantitative estimate of drug-likeness (QED) is 0.517. The third-order valence-electron chi connectivity index (χ3n) is 0.754. The number of hydrogen-bond acceptors (Lipinski definition) is 1. The summed E-state index contributed by atoms with van der Waals surface area (Å²) in [5.74, 6) is -1.20. The predicted molar refractivity (Wildman–Crippen MR) is 31.1 cm³/mol. The first-order valence-electron chi connectivity index (χ1n) is 4.16. The summed E-state index contributed by atoms with van der Waals surface area (Å²) in [6, 6.07) is -1.32. The molecule has 0 aliphatic carbocycles. The molecule has 1 rings (SSSR count). The molecule has 0 radical (unpaired) electrons. The van der Waals surface area contributed by atoms with Gasteiger partial charge in [0.05, 0.1) is 11.0 Å². The second kappa shape index (κ2) is 2.27. The Morgan fingerprint density at radius 1 is 1.56 bits per heavy atom. The number of hydrogen-bond donors (Lipinski definition) is 0. The van der Waals surface area contributed by atoms with Crippen molar-refractivity contribution in [2.45, 2.75) is 0 Å². The molecule has 0 saturated heterocycles. The third-order valence-corrected chi connectivity index (χ3v) is 0.754. The van der Waals surface area contributed by atoms with Gasteiger partial charge < -0.3 is 0 Å². The van der Waals surface area contributed by atoms with Crippen LogP contribution in [-0.4, -0.2) is 0 Å². The minimum atomic E-state index is -1.20. The van der Waals surface area contributed by atoms with Crippen LogP contribution < -0.4 is 0 Å². The Bertz CT molecular complexity index is 381. The van der Waals surface area contributed by atoms with Crippen LogP contribution in [0.1, 0.15) is 11.0 Å². The van der Waals surface area contributed by atoms with E-state index in [1.807, 2.05) is 0 Å². The third kappa shape index (κ3) is 1.06. The van der Waals surface area contributed by atoms with Crippen molar-refractivity contribution in [1.82, 2.24) is 0 Å². The van der Waals surface area contributed by atoms with Gasteiger partial charge in [-0.2, -0.15) is 5.26 Å². The number of rotatable bonds is 0. The molecule has 0 unspecified atom stereocenters. The Labute approximate surface area is 58.0 Å². The molecule has 0 saturated carbocycles. The van der Waals surface area contributed by atoms with Crippen LogP contribution in [0.25, 0.3) is 0 Å². The number of halogens is 1. The molecule has 0 aliphatic rings. The molecule has 0 N–H and O–H groups in total. The SMILES string of the molecule is [2H]c1c([2H])c([2H])c(C#N)c(F)c1[2H]. The van der Waals surface area contributed by atoms with E-state index < -0.39 is 35.6 Å². The van der Waals surface area contributed by atoms with Gasteiger partial charge in [0.1, 0.15) is 11.9 Å². The van der Waals surface area contributed by atoms with Crippen LogP contribution in [-0.2, 0) is 0 Å². The normalized spacial score (nSPS) is 14.7. The summed E-state index contributed by atoms with van der Waals surface area (Å²) in [5, 5.41) is 8.40. The van der Waals surface area contributed by atoms with Gasteiger partial charge in [-0.1, -0.05) is 12.1 Å². The van der Waals surface area contributed by atoms with Gasteiger partial charge in [0.15, 0.2) is 0 Å². The molecule has 0 bridgehead atoms. The minimum absolute atomic E-state index is 0.594. The molecule has 1 aromatic rings. The topological polar surface area (TPSA) is 23.8 Å². The van der Waals surface area contributed by atoms with Gasteiger partial charge in [-0.05, 0) is 12.1 Å². The van der Waals surface area contributed by atoms with Crippen LogP contribution in [0.2, 0.25) is 0 Å². The molecule has 1 aromatic carbocycles. The lowest BCUT2D eigenvalue weighted by atomic mass is 10.2. The van der Waals surface area contributed by atoms with E-state index in [0.717, 1.165) is 0 Å². The molecule has 9 heavy (non-hydrogen) atoms. The van der Waals surface area contributed by atoms with Crippen LogP contribution in [0, 0.1) is 17.1 Å². The first-order chi connectivity index (χ1) is 6.00. The number of benzene rings is 1. The molecule has 2 heteroatoms. The minimum Gasteiger partial charge on any atom is -0.206 e. The van der Waals surface area contributed by atoms with Gasteiger partial charge in [-0.15, -0.1) is 0 Å². The zero-order valence-electron chi connectivity index (χ0n) is 8.33. The van der Waals surface area contributed by atoms with E-state index in [-0.39, 0.29) is 0 Å². The van der Waals surface area contributed by atoms with Crippen molar-refractivity contribution in [1.29, 1.82) is 5.26 Å². The summed E-state index contributed by atoms with van der Waals surface area (Å²) in [4.78, 5) is 0. The summed E-state index contributed by atoms with van der Waals surface area (Å²) in [6.07, 6.45) is 0. The molecule has 44 valence electrons. The second-order valence-corrected chi connectivity index (χ2v) is 1.30. The van der Waals surface area contributed by atoms with E-state index in [1.165, 1.54) is 6.07 Å². The standard InChI is InChI=1S/C7H4FN/c8-7-4-2-1-3-6(7)5-9/h1-4H/i1D,2D,3D,4D. The summed E-state index contributed by atoms with van der Waals surface area (Å²) in [5.41, 5.74) is -0.647. The highest BCUT2D eigenvalue weighted by Gasteiger charge is 1.94. The molecule has 0 heterocycles. The molecular formula is C7H4FN. The summed E-state index contributed by atoms with van der Waals surface area (Å²) >= 11 is 0. The van der Waals surface area contributed by atoms with Crippen LogP contribution >= 0.6 is 0 Å². The van der Waals surface area contributed by atoms with Gasteiger partial charge in [-0.25, -0.2) is 4.39 Å². The molecule has 1 nitrogen and oxygen atoms in total. The van der Waals surface area contributed by atoms with Gasteiger partial charge in [-0.3, -0.25) is 0 Å². The van der Waals surface area contributed by atoms with Gasteiger partial charge in [0.2, 0.25) is 0 Å². The average molecular weight is 125 g/mol. The van der Waals surface area contributed by atoms with E-state index in [1.54, 1.807) is 0 Å². The fourth-order valence-corrected chi connectivity index (χ4v) is 0.374. The highest BCUT2D eigenvalue weighted by Crippen LogP contribution is 2.02. The Morgan fingerprint density at radius 2 is 2.22 bits per heavy atom. The predicted octanol–water partition coefficient (Wildman–Crippen LogP) is 1.70. The van der Waals surface area contributed by atoms with Crippen LogP contribution in [0.5, 0.6) is 0 Å². The largest absolute Gasteiger partial charge is 0.206 e. The lowest BCUT2D eigenvalue weighted by Crippen LogP contribution is -1.78. The molecular weight excluding hydrogens is 117 g/mol. The van der Waals surface area contributed by atoms with E-state index >= 15 is 0 Å². The number of nitriles is 1. The highest BCUT2D eigenvalue weighted by atomic mass is 19.1. The maximum Gasteiger partial charge on any atom is 0.140 e. The van der Waals surface area contributed by atoms with E-state index in [9.17, 15) is 4.39 Å². The summed E-state index contributed by atoms with van der Waals surface area (Å²) < 4.78 is 41.3. The molecule has 0 atom stereocenters. The van der Waals surface area contributed by atoms with Crippen molar-refractivity contribution in [3.63, 3.8) is 0 Å².